The van der Waals surface area contributed by atoms with E-state index in [0.717, 1.165) is 57.4 Å². The van der Waals surface area contributed by atoms with Crippen molar-refractivity contribution in [1.29, 1.82) is 0 Å². The van der Waals surface area contributed by atoms with Crippen LogP contribution in [0.5, 0.6) is 0 Å². The molecule has 0 aromatic heterocycles. The molecular weight excluding hydrogens is 458 g/mol. The molecule has 0 bridgehead atoms. The lowest BCUT2D eigenvalue weighted by Gasteiger charge is -2.33. The maximum atomic E-state index is 12.1. The molecule has 0 aliphatic carbocycles. The van der Waals surface area contributed by atoms with Gasteiger partial charge in [-0.25, -0.2) is 0 Å². The molecule has 1 aliphatic heterocycles. The third kappa shape index (κ3) is 18.4. The zero-order chi connectivity index (χ0) is 24.7. The lowest BCUT2D eigenvalue weighted by Crippen LogP contribution is -2.46. The minimum atomic E-state index is -2.08. The number of carbonyl (C=O) groups excluding carboxylic acids is 1. The first-order valence-electron chi connectivity index (χ1n) is 14.8. The second-order valence-corrected chi connectivity index (χ2v) is 14.8. The van der Waals surface area contributed by atoms with Crippen molar-refractivity contribution >= 4 is 25.4 Å². The fraction of sp³-hybridized carbons (Fsp3) is 0.964. The van der Waals surface area contributed by atoms with Crippen LogP contribution in [0.25, 0.3) is 0 Å². The Kier molecular flexibility index (Phi) is 21.1. The summed E-state index contributed by atoms with van der Waals surface area (Å²) in [5.74, 6) is 0.911. The molecule has 1 aliphatic rings. The molecule has 1 heterocycles. The average molecular weight is 516 g/mol. The number of hydrogen-bond acceptors (Lipinski definition) is 5. The van der Waals surface area contributed by atoms with Crippen molar-refractivity contribution in [3.63, 3.8) is 0 Å². The molecule has 0 saturated carbocycles. The van der Waals surface area contributed by atoms with E-state index >= 15 is 0 Å². The molecule has 202 valence electrons. The van der Waals surface area contributed by atoms with Crippen LogP contribution in [-0.4, -0.2) is 57.2 Å². The number of carbonyl (C=O) groups is 1. The van der Waals surface area contributed by atoms with Gasteiger partial charge in [0, 0.05) is 38.5 Å². The molecule has 6 heteroatoms. The molecule has 0 radical (unpaired) electrons. The van der Waals surface area contributed by atoms with Gasteiger partial charge in [0.2, 0.25) is 0 Å². The van der Waals surface area contributed by atoms with E-state index in [1.54, 1.807) is 0 Å². The number of rotatable bonds is 21. The molecule has 4 nitrogen and oxygen atoms in total. The third-order valence-corrected chi connectivity index (χ3v) is 10.9. The highest BCUT2D eigenvalue weighted by atomic mass is 32.2. The minimum absolute atomic E-state index is 0.366. The van der Waals surface area contributed by atoms with Crippen molar-refractivity contribution in [2.45, 2.75) is 136 Å². The van der Waals surface area contributed by atoms with Crippen molar-refractivity contribution < 1.29 is 13.6 Å². The summed E-state index contributed by atoms with van der Waals surface area (Å²) < 4.78 is 12.6. The summed E-state index contributed by atoms with van der Waals surface area (Å²) in [5, 5.41) is 0.366. The van der Waals surface area contributed by atoms with Gasteiger partial charge in [-0.3, -0.25) is 9.69 Å². The number of thioether (sulfide) groups is 1. The predicted octanol–water partition coefficient (Wildman–Crippen LogP) is 8.34. The van der Waals surface area contributed by atoms with Crippen molar-refractivity contribution in [2.75, 3.05) is 38.6 Å². The van der Waals surface area contributed by atoms with Gasteiger partial charge in [-0.2, -0.15) is 0 Å². The Hall–Kier alpha value is 0.117. The normalized spacial score (nSPS) is 16.9. The summed E-state index contributed by atoms with van der Waals surface area (Å²) in [7, 11) is -2.08. The van der Waals surface area contributed by atoms with Gasteiger partial charge in [-0.1, -0.05) is 109 Å². The highest BCUT2D eigenvalue weighted by molar-refractivity contribution is 8.13. The second-order valence-electron chi connectivity index (χ2n) is 10.3. The van der Waals surface area contributed by atoms with Gasteiger partial charge in [-0.15, -0.1) is 0 Å². The first kappa shape index (κ1) is 32.1. The molecule has 0 N–H and O–H groups in total. The summed E-state index contributed by atoms with van der Waals surface area (Å²) in [5.41, 5.74) is 0. The molecule has 0 aromatic rings. The summed E-state index contributed by atoms with van der Waals surface area (Å²) in [6.07, 6.45) is 21.7. The lowest BCUT2D eigenvalue weighted by atomic mass is 10.1. The highest BCUT2D eigenvalue weighted by Crippen LogP contribution is 2.21. The molecule has 0 unspecified atom stereocenters. The smallest absolute Gasteiger partial charge is 0.335 e. The molecule has 1 rings (SSSR count). The van der Waals surface area contributed by atoms with Gasteiger partial charge in [0.05, 0.1) is 0 Å². The maximum absolute atomic E-state index is 12.1. The largest absolute Gasteiger partial charge is 0.393 e. The Morgan fingerprint density at radius 1 is 0.735 bits per heavy atom. The van der Waals surface area contributed by atoms with E-state index in [9.17, 15) is 4.79 Å². The van der Waals surface area contributed by atoms with E-state index in [4.69, 9.17) is 8.85 Å². The Morgan fingerprint density at radius 2 is 1.24 bits per heavy atom. The molecule has 0 spiro atoms. The van der Waals surface area contributed by atoms with Crippen LogP contribution in [0.1, 0.15) is 123 Å². The maximum Gasteiger partial charge on any atom is 0.335 e. The molecule has 0 amide bonds. The average Bonchev–Trinajstić information content (AvgIpc) is 2.81. The van der Waals surface area contributed by atoms with Crippen LogP contribution >= 0.6 is 11.8 Å². The molecule has 1 fully saturated rings. The van der Waals surface area contributed by atoms with Crippen LogP contribution in [0.4, 0.5) is 0 Å². The van der Waals surface area contributed by atoms with Crippen LogP contribution in [0.2, 0.25) is 12.6 Å². The van der Waals surface area contributed by atoms with Gasteiger partial charge in [0.25, 0.3) is 0 Å². The number of unbranched alkanes of at least 4 members (excludes halogenated alkanes) is 13. The zero-order valence-corrected chi connectivity index (χ0v) is 24.9. The zero-order valence-electron chi connectivity index (χ0n) is 23.1. The molecule has 0 aromatic carbocycles. The van der Waals surface area contributed by atoms with E-state index < -0.39 is 8.56 Å². The summed E-state index contributed by atoms with van der Waals surface area (Å²) in [4.78, 5) is 14.6. The number of nitrogens with zero attached hydrogens (tertiary/aromatic N) is 1. The van der Waals surface area contributed by atoms with Crippen molar-refractivity contribution in [3.8, 4) is 0 Å². The van der Waals surface area contributed by atoms with Gasteiger partial charge in [0.1, 0.15) is 0 Å². The van der Waals surface area contributed by atoms with Crippen molar-refractivity contribution in [1.82, 2.24) is 4.90 Å². The van der Waals surface area contributed by atoms with Crippen LogP contribution in [0.15, 0.2) is 0 Å². The standard InChI is InChI=1S/C28H57NO3SSi/c1-4-6-8-10-11-12-13-14-16-18-21-29-22-24-31-34(3,32-25-23-29)27-19-26-33-28(30)20-17-15-9-7-5-2/h4-27H2,1-3H3. The van der Waals surface area contributed by atoms with E-state index in [1.165, 1.54) is 108 Å². The summed E-state index contributed by atoms with van der Waals surface area (Å²) >= 11 is 1.52. The van der Waals surface area contributed by atoms with E-state index in [1.807, 2.05) is 0 Å². The van der Waals surface area contributed by atoms with Crippen LogP contribution in [0, 0.1) is 0 Å². The molecule has 1 saturated heterocycles. The Labute approximate surface area is 217 Å². The fourth-order valence-electron chi connectivity index (χ4n) is 4.65. The summed E-state index contributed by atoms with van der Waals surface area (Å²) in [6, 6.07) is 1.00. The van der Waals surface area contributed by atoms with E-state index in [2.05, 4.69) is 25.3 Å². The third-order valence-electron chi connectivity index (χ3n) is 6.98. The summed E-state index contributed by atoms with van der Waals surface area (Å²) in [6.45, 7) is 11.6. The van der Waals surface area contributed by atoms with E-state index in [0.29, 0.717) is 5.12 Å². The molecular formula is C28H57NO3SSi. The van der Waals surface area contributed by atoms with Crippen LogP contribution < -0.4 is 0 Å². The van der Waals surface area contributed by atoms with Gasteiger partial charge in [-0.05, 0) is 38.4 Å². The Balaban J connectivity index is 2.02. The van der Waals surface area contributed by atoms with Crippen LogP contribution in [0.3, 0.4) is 0 Å². The van der Waals surface area contributed by atoms with Gasteiger partial charge >= 0.3 is 8.56 Å². The minimum Gasteiger partial charge on any atom is -0.393 e. The molecule has 0 atom stereocenters. The van der Waals surface area contributed by atoms with Crippen molar-refractivity contribution in [3.05, 3.63) is 0 Å². The number of hydrogen-bond donors (Lipinski definition) is 0. The topological polar surface area (TPSA) is 38.8 Å². The van der Waals surface area contributed by atoms with Gasteiger partial charge < -0.3 is 8.85 Å². The van der Waals surface area contributed by atoms with Gasteiger partial charge in [0.15, 0.2) is 5.12 Å². The fourth-order valence-corrected chi connectivity index (χ4v) is 7.95. The second kappa shape index (κ2) is 22.3. The SMILES string of the molecule is CCCCCCCCCCCCN1CCO[Si](C)(CCCSC(=O)CCCCCCC)OCC1. The van der Waals surface area contributed by atoms with Crippen LogP contribution in [-0.2, 0) is 13.6 Å². The predicted molar refractivity (Wildman–Crippen MR) is 152 cm³/mol. The Bertz CT molecular complexity index is 471. The monoisotopic (exact) mass is 515 g/mol. The molecule has 34 heavy (non-hydrogen) atoms. The first-order chi connectivity index (χ1) is 16.6. The highest BCUT2D eigenvalue weighted by Gasteiger charge is 2.32. The lowest BCUT2D eigenvalue weighted by molar-refractivity contribution is -0.111. The quantitative estimate of drug-likeness (QED) is 0.113. The van der Waals surface area contributed by atoms with E-state index in [-0.39, 0.29) is 0 Å². The first-order valence-corrected chi connectivity index (χ1v) is 18.3. The van der Waals surface area contributed by atoms with Crippen molar-refractivity contribution in [2.24, 2.45) is 0 Å². The Morgan fingerprint density at radius 3 is 1.79 bits per heavy atom.